The van der Waals surface area contributed by atoms with E-state index in [4.69, 9.17) is 4.52 Å². The maximum absolute atomic E-state index is 13.1. The molecule has 0 radical (unpaired) electrons. The Bertz CT molecular complexity index is 707. The Morgan fingerprint density at radius 1 is 0.842 bits per heavy atom. The number of nitrogens with zero attached hydrogens (tertiary/aromatic N) is 2. The molecular formula is C14H8F2N2O. The van der Waals surface area contributed by atoms with Gasteiger partial charge in [0, 0.05) is 11.1 Å². The minimum absolute atomic E-state index is 0.221. The van der Waals surface area contributed by atoms with Crippen LogP contribution in [-0.4, -0.2) is 10.1 Å². The third-order valence-corrected chi connectivity index (χ3v) is 2.60. The summed E-state index contributed by atoms with van der Waals surface area (Å²) < 4.78 is 31.0. The predicted octanol–water partition coefficient (Wildman–Crippen LogP) is 3.68. The summed E-state index contributed by atoms with van der Waals surface area (Å²) in [6.07, 6.45) is 0. The van der Waals surface area contributed by atoms with Crippen molar-refractivity contribution in [1.82, 2.24) is 10.1 Å². The average Bonchev–Trinajstić information content (AvgIpc) is 2.89. The molecule has 3 nitrogen and oxygen atoms in total. The van der Waals surface area contributed by atoms with Gasteiger partial charge >= 0.3 is 0 Å². The van der Waals surface area contributed by atoms with Crippen molar-refractivity contribution in [1.29, 1.82) is 0 Å². The van der Waals surface area contributed by atoms with Crippen molar-refractivity contribution in [2.24, 2.45) is 0 Å². The number of rotatable bonds is 2. The summed E-state index contributed by atoms with van der Waals surface area (Å²) in [6, 6.07) is 11.6. The lowest BCUT2D eigenvalue weighted by Crippen LogP contribution is -1.82. The molecule has 0 aliphatic heterocycles. The summed E-state index contributed by atoms with van der Waals surface area (Å²) in [6.45, 7) is 0. The first-order chi connectivity index (χ1) is 9.22. The molecule has 0 saturated carbocycles. The maximum atomic E-state index is 13.1. The molecule has 1 aromatic heterocycles. The molecule has 19 heavy (non-hydrogen) atoms. The lowest BCUT2D eigenvalue weighted by Gasteiger charge is -1.94. The van der Waals surface area contributed by atoms with Gasteiger partial charge in [-0.3, -0.25) is 0 Å². The first kappa shape index (κ1) is 11.5. The second-order valence-electron chi connectivity index (χ2n) is 3.94. The molecule has 94 valence electrons. The molecule has 3 rings (SSSR count). The smallest absolute Gasteiger partial charge is 0.258 e. The Hall–Kier alpha value is -2.56. The number of hydrogen-bond acceptors (Lipinski definition) is 3. The SMILES string of the molecule is Fc1ccc(-c2noc(-c3cccc(F)c3)n2)cc1. The van der Waals surface area contributed by atoms with Crippen LogP contribution in [-0.2, 0) is 0 Å². The van der Waals surface area contributed by atoms with E-state index in [9.17, 15) is 8.78 Å². The van der Waals surface area contributed by atoms with E-state index in [1.165, 1.54) is 24.3 Å². The minimum Gasteiger partial charge on any atom is -0.334 e. The second kappa shape index (κ2) is 4.61. The molecule has 0 atom stereocenters. The highest BCUT2D eigenvalue weighted by Gasteiger charge is 2.11. The van der Waals surface area contributed by atoms with Crippen LogP contribution in [0.25, 0.3) is 22.8 Å². The van der Waals surface area contributed by atoms with E-state index in [0.717, 1.165) is 0 Å². The quantitative estimate of drug-likeness (QED) is 0.703. The number of halogens is 2. The summed E-state index contributed by atoms with van der Waals surface area (Å²) in [4.78, 5) is 4.15. The Labute approximate surface area is 107 Å². The largest absolute Gasteiger partial charge is 0.334 e. The Morgan fingerprint density at radius 2 is 1.63 bits per heavy atom. The van der Waals surface area contributed by atoms with Crippen molar-refractivity contribution in [2.75, 3.05) is 0 Å². The molecule has 0 N–H and O–H groups in total. The highest BCUT2D eigenvalue weighted by Crippen LogP contribution is 2.22. The molecule has 0 bridgehead atoms. The zero-order chi connectivity index (χ0) is 13.2. The van der Waals surface area contributed by atoms with Gasteiger partial charge < -0.3 is 4.52 Å². The molecule has 0 aliphatic rings. The summed E-state index contributed by atoms with van der Waals surface area (Å²) in [7, 11) is 0. The Balaban J connectivity index is 1.97. The molecule has 0 amide bonds. The molecule has 5 heteroatoms. The molecule has 1 heterocycles. The molecule has 0 spiro atoms. The van der Waals surface area contributed by atoms with Gasteiger partial charge in [0.25, 0.3) is 5.89 Å². The van der Waals surface area contributed by atoms with E-state index in [1.807, 2.05) is 0 Å². The Kier molecular flexibility index (Phi) is 2.79. The van der Waals surface area contributed by atoms with E-state index < -0.39 is 0 Å². The first-order valence-electron chi connectivity index (χ1n) is 5.58. The normalized spacial score (nSPS) is 10.6. The summed E-state index contributed by atoms with van der Waals surface area (Å²) >= 11 is 0. The fraction of sp³-hybridized carbons (Fsp3) is 0. The van der Waals surface area contributed by atoms with E-state index in [-0.39, 0.29) is 17.5 Å². The van der Waals surface area contributed by atoms with Crippen LogP contribution < -0.4 is 0 Å². The minimum atomic E-state index is -0.376. The van der Waals surface area contributed by atoms with Crippen molar-refractivity contribution in [3.63, 3.8) is 0 Å². The Morgan fingerprint density at radius 3 is 2.37 bits per heavy atom. The lowest BCUT2D eigenvalue weighted by molar-refractivity contribution is 0.432. The second-order valence-corrected chi connectivity index (χ2v) is 3.94. The molecule has 0 saturated heterocycles. The van der Waals surface area contributed by atoms with Gasteiger partial charge in [-0.05, 0) is 42.5 Å². The van der Waals surface area contributed by atoms with Crippen LogP contribution >= 0.6 is 0 Å². The van der Waals surface area contributed by atoms with Gasteiger partial charge in [0.1, 0.15) is 11.6 Å². The lowest BCUT2D eigenvalue weighted by atomic mass is 10.2. The fourth-order valence-corrected chi connectivity index (χ4v) is 1.68. The van der Waals surface area contributed by atoms with E-state index in [0.29, 0.717) is 17.0 Å². The first-order valence-corrected chi connectivity index (χ1v) is 5.58. The fourth-order valence-electron chi connectivity index (χ4n) is 1.68. The number of benzene rings is 2. The van der Waals surface area contributed by atoms with Crippen LogP contribution in [0.15, 0.2) is 53.1 Å². The van der Waals surface area contributed by atoms with Crippen LogP contribution in [0.2, 0.25) is 0 Å². The standard InChI is InChI=1S/C14H8F2N2O/c15-11-6-4-9(5-7-11)13-17-14(19-18-13)10-2-1-3-12(16)8-10/h1-8H. The van der Waals surface area contributed by atoms with Crippen molar-refractivity contribution < 1.29 is 13.3 Å². The monoisotopic (exact) mass is 258 g/mol. The topological polar surface area (TPSA) is 38.9 Å². The molecule has 0 aliphatic carbocycles. The van der Waals surface area contributed by atoms with E-state index in [2.05, 4.69) is 10.1 Å². The van der Waals surface area contributed by atoms with Crippen LogP contribution in [0.1, 0.15) is 0 Å². The highest BCUT2D eigenvalue weighted by molar-refractivity contribution is 5.59. The van der Waals surface area contributed by atoms with Crippen molar-refractivity contribution in [3.8, 4) is 22.8 Å². The number of hydrogen-bond donors (Lipinski definition) is 0. The molecule has 0 unspecified atom stereocenters. The van der Waals surface area contributed by atoms with Crippen LogP contribution in [0, 0.1) is 11.6 Å². The average molecular weight is 258 g/mol. The zero-order valence-corrected chi connectivity index (χ0v) is 9.68. The van der Waals surface area contributed by atoms with Crippen LogP contribution in [0.3, 0.4) is 0 Å². The van der Waals surface area contributed by atoms with Gasteiger partial charge in [-0.15, -0.1) is 0 Å². The third-order valence-electron chi connectivity index (χ3n) is 2.60. The third kappa shape index (κ3) is 2.35. The maximum Gasteiger partial charge on any atom is 0.258 e. The van der Waals surface area contributed by atoms with Gasteiger partial charge in [0.2, 0.25) is 5.82 Å². The van der Waals surface area contributed by atoms with Crippen molar-refractivity contribution in [3.05, 3.63) is 60.2 Å². The molecule has 0 fully saturated rings. The van der Waals surface area contributed by atoms with Gasteiger partial charge in [-0.2, -0.15) is 4.98 Å². The predicted molar refractivity (Wildman–Crippen MR) is 65.1 cm³/mol. The zero-order valence-electron chi connectivity index (χ0n) is 9.68. The molecular weight excluding hydrogens is 250 g/mol. The number of aromatic nitrogens is 2. The summed E-state index contributed by atoms with van der Waals surface area (Å²) in [5.74, 6) is -0.158. The summed E-state index contributed by atoms with van der Waals surface area (Å²) in [5, 5.41) is 3.79. The van der Waals surface area contributed by atoms with Crippen LogP contribution in [0.5, 0.6) is 0 Å². The van der Waals surface area contributed by atoms with Crippen molar-refractivity contribution >= 4 is 0 Å². The molecule has 3 aromatic rings. The molecule has 2 aromatic carbocycles. The highest BCUT2D eigenvalue weighted by atomic mass is 19.1. The summed E-state index contributed by atoms with van der Waals surface area (Å²) in [5.41, 5.74) is 1.13. The van der Waals surface area contributed by atoms with Crippen LogP contribution in [0.4, 0.5) is 8.78 Å². The van der Waals surface area contributed by atoms with Gasteiger partial charge in [-0.1, -0.05) is 11.2 Å². The van der Waals surface area contributed by atoms with E-state index >= 15 is 0 Å². The van der Waals surface area contributed by atoms with Crippen molar-refractivity contribution in [2.45, 2.75) is 0 Å². The van der Waals surface area contributed by atoms with Gasteiger partial charge in [0.05, 0.1) is 0 Å². The van der Waals surface area contributed by atoms with Gasteiger partial charge in [0.15, 0.2) is 0 Å². The van der Waals surface area contributed by atoms with Gasteiger partial charge in [-0.25, -0.2) is 8.78 Å². The van der Waals surface area contributed by atoms with E-state index in [1.54, 1.807) is 24.3 Å².